The highest BCUT2D eigenvalue weighted by atomic mass is 35.5. The molecule has 14 heteroatoms. The molecule has 3 aromatic carbocycles. The monoisotopic (exact) mass is 742 g/mol. The summed E-state index contributed by atoms with van der Waals surface area (Å²) in [7, 11) is 0. The van der Waals surface area contributed by atoms with Crippen molar-refractivity contribution < 1.29 is 33.4 Å². The van der Waals surface area contributed by atoms with Crippen molar-refractivity contribution in [1.82, 2.24) is 15.5 Å². The molecule has 11 nitrogen and oxygen atoms in total. The average Bonchev–Trinajstić information content (AvgIpc) is 3.40. The third-order valence-electron chi connectivity index (χ3n) is 7.53. The Bertz CT molecular complexity index is 1730. The van der Waals surface area contributed by atoms with E-state index in [2.05, 4.69) is 16.0 Å². The van der Waals surface area contributed by atoms with Gasteiger partial charge in [0, 0.05) is 46.9 Å². The Hall–Kier alpha value is -4.58. The molecule has 4 rings (SSSR count). The summed E-state index contributed by atoms with van der Waals surface area (Å²) in [6.45, 7) is 3.77. The van der Waals surface area contributed by atoms with Gasteiger partial charge in [0.15, 0.2) is 11.5 Å². The van der Waals surface area contributed by atoms with Gasteiger partial charge in [0.25, 0.3) is 11.8 Å². The Morgan fingerprint density at radius 3 is 2.10 bits per heavy atom. The van der Waals surface area contributed by atoms with Crippen LogP contribution in [-0.2, 0) is 30.6 Å². The predicted octanol–water partition coefficient (Wildman–Crippen LogP) is 6.70. The molecule has 0 unspecified atom stereocenters. The number of imide groups is 1. The van der Waals surface area contributed by atoms with Crippen molar-refractivity contribution in [2.75, 3.05) is 18.4 Å². The zero-order chi connectivity index (χ0) is 36.2. The van der Waals surface area contributed by atoms with E-state index in [9.17, 15) is 24.0 Å². The topological polar surface area (TPSA) is 143 Å². The van der Waals surface area contributed by atoms with Crippen LogP contribution in [0.1, 0.15) is 45.1 Å². The molecule has 264 valence electrons. The maximum atomic E-state index is 12.8. The van der Waals surface area contributed by atoms with Gasteiger partial charge in [-0.3, -0.25) is 28.9 Å². The van der Waals surface area contributed by atoms with Crippen molar-refractivity contribution in [2.24, 2.45) is 5.92 Å². The van der Waals surface area contributed by atoms with Gasteiger partial charge in [0.1, 0.15) is 18.4 Å². The SMILES string of the molecule is CC(C)[C@H](NC(=O)CCCCCN1C(=O)C=CC1=O)C(=O)NCC(=O)Nc1ccc(COc2cc(Cl)ccc2Oc2ccc(Cl)cc2Cl)cc1. The highest BCUT2D eigenvalue weighted by Gasteiger charge is 2.25. The first-order chi connectivity index (χ1) is 23.9. The van der Waals surface area contributed by atoms with Crippen LogP contribution in [0.4, 0.5) is 5.69 Å². The highest BCUT2D eigenvalue weighted by Crippen LogP contribution is 2.38. The molecule has 1 atom stereocenters. The Kier molecular flexibility index (Phi) is 14.1. The largest absolute Gasteiger partial charge is 0.485 e. The standard InChI is InChI=1S/C36H37Cl3N4O7/c1-22(2)35(42-31(44)6-4-3-5-17-43-33(46)15-16-34(43)47)36(48)40-20-32(45)41-26-11-7-23(8-12-26)21-49-30-19-25(38)10-14-29(30)50-28-13-9-24(37)18-27(28)39/h7-16,18-19,22,35H,3-6,17,20-21H2,1-2H3,(H,40,48)(H,41,45)(H,42,44)/t35-/m0/s1. The lowest BCUT2D eigenvalue weighted by Crippen LogP contribution is -2.51. The van der Waals surface area contributed by atoms with Gasteiger partial charge in [-0.05, 0) is 66.8 Å². The zero-order valence-electron chi connectivity index (χ0n) is 27.5. The molecule has 50 heavy (non-hydrogen) atoms. The third-order valence-corrected chi connectivity index (χ3v) is 8.29. The molecule has 0 radical (unpaired) electrons. The van der Waals surface area contributed by atoms with Crippen molar-refractivity contribution >= 4 is 70.0 Å². The van der Waals surface area contributed by atoms with Crippen molar-refractivity contribution in [3.63, 3.8) is 0 Å². The van der Waals surface area contributed by atoms with E-state index in [0.717, 1.165) is 10.5 Å². The maximum absolute atomic E-state index is 12.8. The minimum atomic E-state index is -0.825. The van der Waals surface area contributed by atoms with Crippen LogP contribution in [0.2, 0.25) is 15.1 Å². The Labute approximate surface area is 305 Å². The summed E-state index contributed by atoms with van der Waals surface area (Å²) in [5.41, 5.74) is 1.32. The molecule has 0 aromatic heterocycles. The number of halogens is 3. The molecule has 1 aliphatic heterocycles. The molecule has 0 fully saturated rings. The van der Waals surface area contributed by atoms with Crippen molar-refractivity contribution in [3.05, 3.63) is 93.4 Å². The first-order valence-corrected chi connectivity index (χ1v) is 17.1. The molecule has 1 aliphatic rings. The molecule has 3 aromatic rings. The lowest BCUT2D eigenvalue weighted by molar-refractivity contribution is -0.137. The minimum Gasteiger partial charge on any atom is -0.485 e. The number of nitrogens with zero attached hydrogens (tertiary/aromatic N) is 1. The average molecular weight is 744 g/mol. The number of rotatable bonds is 17. The van der Waals surface area contributed by atoms with E-state index < -0.39 is 17.9 Å². The fourth-order valence-electron chi connectivity index (χ4n) is 4.85. The minimum absolute atomic E-state index is 0.177. The van der Waals surface area contributed by atoms with Gasteiger partial charge in [0.2, 0.25) is 17.7 Å². The molecular formula is C36H37Cl3N4O7. The molecule has 0 spiro atoms. The smallest absolute Gasteiger partial charge is 0.253 e. The molecule has 5 amide bonds. The van der Waals surface area contributed by atoms with Gasteiger partial charge in [-0.15, -0.1) is 0 Å². The first-order valence-electron chi connectivity index (χ1n) is 15.9. The number of benzene rings is 3. The summed E-state index contributed by atoms with van der Waals surface area (Å²) >= 11 is 18.4. The van der Waals surface area contributed by atoms with Crippen LogP contribution in [0, 0.1) is 5.92 Å². The number of hydrogen-bond donors (Lipinski definition) is 3. The molecule has 3 N–H and O–H groups in total. The number of hydrogen-bond acceptors (Lipinski definition) is 7. The molecule has 0 bridgehead atoms. The van der Waals surface area contributed by atoms with Crippen molar-refractivity contribution in [1.29, 1.82) is 0 Å². The maximum Gasteiger partial charge on any atom is 0.253 e. The van der Waals surface area contributed by atoms with Gasteiger partial charge in [-0.2, -0.15) is 0 Å². The number of anilines is 1. The Balaban J connectivity index is 1.19. The van der Waals surface area contributed by atoms with Crippen LogP contribution in [0.5, 0.6) is 17.2 Å². The molecule has 0 aliphatic carbocycles. The number of nitrogens with one attached hydrogen (secondary N) is 3. The Morgan fingerprint density at radius 1 is 0.780 bits per heavy atom. The van der Waals surface area contributed by atoms with Gasteiger partial charge in [-0.25, -0.2) is 0 Å². The van der Waals surface area contributed by atoms with Crippen LogP contribution in [0.15, 0.2) is 72.8 Å². The number of carbonyl (C=O) groups excluding carboxylic acids is 5. The summed E-state index contributed by atoms with van der Waals surface area (Å²) in [6.07, 6.45) is 4.41. The second-order valence-electron chi connectivity index (χ2n) is 11.8. The van der Waals surface area contributed by atoms with E-state index in [1.807, 2.05) is 0 Å². The van der Waals surface area contributed by atoms with Crippen LogP contribution in [-0.4, -0.2) is 53.6 Å². The first kappa shape index (κ1) is 38.2. The van der Waals surface area contributed by atoms with Gasteiger partial charge in [0.05, 0.1) is 11.6 Å². The van der Waals surface area contributed by atoms with Crippen molar-refractivity contribution in [3.8, 4) is 17.2 Å². The van der Waals surface area contributed by atoms with Crippen LogP contribution in [0.3, 0.4) is 0 Å². The summed E-state index contributed by atoms with van der Waals surface area (Å²) in [5, 5.41) is 9.34. The summed E-state index contributed by atoms with van der Waals surface area (Å²) in [5.74, 6) is -0.886. The molecule has 1 heterocycles. The molecule has 0 saturated carbocycles. The van der Waals surface area contributed by atoms with Crippen molar-refractivity contribution in [2.45, 2.75) is 52.2 Å². The lowest BCUT2D eigenvalue weighted by atomic mass is 10.0. The van der Waals surface area contributed by atoms with Crippen LogP contribution >= 0.6 is 34.8 Å². The number of ether oxygens (including phenoxy) is 2. The summed E-state index contributed by atoms with van der Waals surface area (Å²) in [4.78, 5) is 62.4. The van der Waals surface area contributed by atoms with E-state index in [1.54, 1.807) is 74.5 Å². The Morgan fingerprint density at radius 2 is 1.44 bits per heavy atom. The summed E-state index contributed by atoms with van der Waals surface area (Å²) in [6, 6.07) is 16.0. The quantitative estimate of drug-likeness (QED) is 0.103. The van der Waals surface area contributed by atoms with E-state index >= 15 is 0 Å². The fourth-order valence-corrected chi connectivity index (χ4v) is 5.46. The predicted molar refractivity (Wildman–Crippen MR) is 191 cm³/mol. The highest BCUT2D eigenvalue weighted by molar-refractivity contribution is 6.35. The van der Waals surface area contributed by atoms with E-state index in [1.165, 1.54) is 12.2 Å². The zero-order valence-corrected chi connectivity index (χ0v) is 29.7. The van der Waals surface area contributed by atoms with E-state index in [-0.39, 0.29) is 43.2 Å². The number of unbranched alkanes of at least 4 members (excludes halogenated alkanes) is 2. The molecule has 0 saturated heterocycles. The van der Waals surface area contributed by atoms with Crippen LogP contribution < -0.4 is 25.4 Å². The second-order valence-corrected chi connectivity index (χ2v) is 13.1. The second kappa shape index (κ2) is 18.4. The van der Waals surface area contributed by atoms with Gasteiger partial charge in [-0.1, -0.05) is 67.2 Å². The third kappa shape index (κ3) is 11.5. The van der Waals surface area contributed by atoms with E-state index in [0.29, 0.717) is 63.8 Å². The normalized spacial score (nSPS) is 13.0. The van der Waals surface area contributed by atoms with Gasteiger partial charge < -0.3 is 25.4 Å². The number of carbonyl (C=O) groups is 5. The van der Waals surface area contributed by atoms with Crippen LogP contribution in [0.25, 0.3) is 0 Å². The van der Waals surface area contributed by atoms with E-state index in [4.69, 9.17) is 44.3 Å². The lowest BCUT2D eigenvalue weighted by Gasteiger charge is -2.21. The summed E-state index contributed by atoms with van der Waals surface area (Å²) < 4.78 is 11.9. The fraction of sp³-hybridized carbons (Fsp3) is 0.306. The molecular weight excluding hydrogens is 707 g/mol. The van der Waals surface area contributed by atoms with Gasteiger partial charge >= 0.3 is 0 Å². The number of amides is 5.